The van der Waals surface area contributed by atoms with Crippen molar-refractivity contribution < 1.29 is 54.0 Å². The molecule has 5 N–H and O–H groups in total. The van der Waals surface area contributed by atoms with Crippen molar-refractivity contribution >= 4 is 0 Å². The zero-order valence-corrected chi connectivity index (χ0v) is 21.8. The number of aliphatic hydroxyl groups is 3. The van der Waals surface area contributed by atoms with Gasteiger partial charge in [-0.2, -0.15) is 0 Å². The molecule has 0 spiro atoms. The Morgan fingerprint density at radius 3 is 2.16 bits per heavy atom. The minimum absolute atomic E-state index is 0.00198. The fourth-order valence-electron chi connectivity index (χ4n) is 5.10. The molecule has 0 amide bonds. The zero-order chi connectivity index (χ0) is 27.6. The molecule has 2 heterocycles. The second-order valence-electron chi connectivity index (χ2n) is 9.68. The Balaban J connectivity index is 1.60. The van der Waals surface area contributed by atoms with Crippen LogP contribution in [0, 0.1) is 11.8 Å². The summed E-state index contributed by atoms with van der Waals surface area (Å²) >= 11 is 0. The lowest BCUT2D eigenvalue weighted by Crippen LogP contribution is -2.57. The first-order valence-corrected chi connectivity index (χ1v) is 12.4. The average molecular weight is 537 g/mol. The maximum Gasteiger partial charge on any atom is 0.200 e. The molecule has 0 bridgehead atoms. The Morgan fingerprint density at radius 1 is 0.868 bits per heavy atom. The summed E-state index contributed by atoms with van der Waals surface area (Å²) in [6.07, 6.45) is -5.86. The van der Waals surface area contributed by atoms with Crippen LogP contribution in [-0.2, 0) is 20.6 Å². The van der Waals surface area contributed by atoms with Crippen LogP contribution in [-0.4, -0.2) is 90.8 Å². The van der Waals surface area contributed by atoms with Crippen molar-refractivity contribution in [1.82, 2.24) is 0 Å². The molecule has 0 unspecified atom stereocenters. The van der Waals surface area contributed by atoms with Crippen LogP contribution in [0.15, 0.2) is 30.3 Å². The van der Waals surface area contributed by atoms with Crippen molar-refractivity contribution in [2.45, 2.75) is 50.2 Å². The van der Waals surface area contributed by atoms with Gasteiger partial charge in [-0.25, -0.2) is 0 Å². The number of benzene rings is 2. The standard InChI is InChI=1S/C27H36O11/c1-13-22(29)24(31)25(32)27(38-13)37-12-17-16(7-14-8-20(34-3)23(30)21(9-14)35-4)11-36-26(17)15-5-6-18(28)19(10-15)33-2/h5-6,8-10,13,16-17,22,24-32H,7,11-12H2,1-4H3/t13-,16+,17+,22-,24+,25+,26-,27+/m0/s1. The van der Waals surface area contributed by atoms with Crippen LogP contribution in [0.1, 0.15) is 24.2 Å². The molecule has 2 aromatic carbocycles. The smallest absolute Gasteiger partial charge is 0.200 e. The van der Waals surface area contributed by atoms with Crippen molar-refractivity contribution in [1.29, 1.82) is 0 Å². The summed E-state index contributed by atoms with van der Waals surface area (Å²) in [7, 11) is 4.39. The maximum absolute atomic E-state index is 10.4. The van der Waals surface area contributed by atoms with Crippen LogP contribution in [0.5, 0.6) is 28.7 Å². The molecule has 0 saturated carbocycles. The van der Waals surface area contributed by atoms with Gasteiger partial charge >= 0.3 is 0 Å². The second-order valence-corrected chi connectivity index (χ2v) is 9.68. The van der Waals surface area contributed by atoms with Crippen LogP contribution in [0.3, 0.4) is 0 Å². The molecule has 2 saturated heterocycles. The monoisotopic (exact) mass is 536 g/mol. The number of methoxy groups -OCH3 is 3. The van der Waals surface area contributed by atoms with E-state index in [2.05, 4.69) is 0 Å². The summed E-state index contributed by atoms with van der Waals surface area (Å²) in [6.45, 7) is 2.07. The number of phenolic OH excluding ortho intramolecular Hbond substituents is 2. The first-order valence-electron chi connectivity index (χ1n) is 12.4. The van der Waals surface area contributed by atoms with Crippen LogP contribution in [0.4, 0.5) is 0 Å². The third kappa shape index (κ3) is 5.63. The second kappa shape index (κ2) is 11.9. The summed E-state index contributed by atoms with van der Waals surface area (Å²) in [5.41, 5.74) is 1.62. The number of phenols is 2. The highest BCUT2D eigenvalue weighted by Gasteiger charge is 2.44. The summed E-state index contributed by atoms with van der Waals surface area (Å²) in [6, 6.07) is 8.46. The quantitative estimate of drug-likeness (QED) is 0.317. The Hall–Kier alpha value is -2.80. The van der Waals surface area contributed by atoms with Gasteiger partial charge in [0.05, 0.1) is 46.8 Å². The van der Waals surface area contributed by atoms with E-state index in [4.69, 9.17) is 28.4 Å². The minimum Gasteiger partial charge on any atom is -0.504 e. The van der Waals surface area contributed by atoms with Crippen LogP contribution in [0.25, 0.3) is 0 Å². The van der Waals surface area contributed by atoms with Crippen molar-refractivity contribution in [2.75, 3.05) is 34.5 Å². The molecule has 2 fully saturated rings. The Labute approximate surface area is 221 Å². The van der Waals surface area contributed by atoms with E-state index in [1.807, 2.05) is 0 Å². The minimum atomic E-state index is -1.43. The topological polar surface area (TPSA) is 157 Å². The highest BCUT2D eigenvalue weighted by atomic mass is 16.7. The van der Waals surface area contributed by atoms with Gasteiger partial charge in [0.25, 0.3) is 0 Å². The van der Waals surface area contributed by atoms with E-state index >= 15 is 0 Å². The molecule has 11 nitrogen and oxygen atoms in total. The predicted octanol–water partition coefficient (Wildman–Crippen LogP) is 1.51. The SMILES string of the molecule is COc1cc([C@@H]2OC[C@@H](Cc3cc(OC)c(O)c(OC)c3)[C@H]2CO[C@@H]2O[C@@H](C)[C@H](O)[C@@H](O)[C@H]2O)ccc1O. The van der Waals surface area contributed by atoms with Gasteiger partial charge in [0.2, 0.25) is 5.75 Å². The molecule has 0 aliphatic carbocycles. The van der Waals surface area contributed by atoms with E-state index in [0.717, 1.165) is 11.1 Å². The van der Waals surface area contributed by atoms with E-state index < -0.39 is 36.8 Å². The van der Waals surface area contributed by atoms with Gasteiger partial charge in [0, 0.05) is 5.92 Å². The number of rotatable bonds is 9. The van der Waals surface area contributed by atoms with Crippen LogP contribution in [0.2, 0.25) is 0 Å². The Bertz CT molecular complexity index is 1070. The lowest BCUT2D eigenvalue weighted by Gasteiger charge is -2.39. The fourth-order valence-corrected chi connectivity index (χ4v) is 5.10. The van der Waals surface area contributed by atoms with Gasteiger partial charge < -0.3 is 54.0 Å². The lowest BCUT2D eigenvalue weighted by atomic mass is 9.84. The largest absolute Gasteiger partial charge is 0.504 e. The summed E-state index contributed by atoms with van der Waals surface area (Å²) in [4.78, 5) is 0. The molecule has 2 aromatic rings. The third-order valence-corrected chi connectivity index (χ3v) is 7.32. The molecule has 2 aliphatic rings. The van der Waals surface area contributed by atoms with Gasteiger partial charge in [-0.3, -0.25) is 0 Å². The van der Waals surface area contributed by atoms with E-state index in [1.54, 1.807) is 31.2 Å². The van der Waals surface area contributed by atoms with Gasteiger partial charge in [-0.05, 0) is 54.7 Å². The average Bonchev–Trinajstić information content (AvgIpc) is 3.31. The number of hydrogen-bond donors (Lipinski definition) is 5. The summed E-state index contributed by atoms with van der Waals surface area (Å²) in [5, 5.41) is 51.0. The van der Waals surface area contributed by atoms with Gasteiger partial charge in [-0.15, -0.1) is 0 Å². The Morgan fingerprint density at radius 2 is 1.53 bits per heavy atom. The highest BCUT2D eigenvalue weighted by molar-refractivity contribution is 5.53. The molecule has 4 rings (SSSR count). The summed E-state index contributed by atoms with van der Waals surface area (Å²) < 4.78 is 33.7. The van der Waals surface area contributed by atoms with Gasteiger partial charge in [-0.1, -0.05) is 6.07 Å². The molecular weight excluding hydrogens is 500 g/mol. The number of hydrogen-bond acceptors (Lipinski definition) is 11. The van der Waals surface area contributed by atoms with E-state index in [1.165, 1.54) is 27.4 Å². The van der Waals surface area contributed by atoms with E-state index in [-0.39, 0.29) is 41.4 Å². The summed E-state index contributed by atoms with van der Waals surface area (Å²) in [5.74, 6) is 0.463. The highest BCUT2D eigenvalue weighted by Crippen LogP contribution is 2.44. The first kappa shape index (κ1) is 28.2. The molecule has 0 aromatic heterocycles. The maximum atomic E-state index is 10.4. The van der Waals surface area contributed by atoms with Crippen molar-refractivity contribution in [3.63, 3.8) is 0 Å². The molecule has 8 atom stereocenters. The lowest BCUT2D eigenvalue weighted by molar-refractivity contribution is -0.296. The van der Waals surface area contributed by atoms with E-state index in [9.17, 15) is 25.5 Å². The van der Waals surface area contributed by atoms with Crippen molar-refractivity contribution in [3.8, 4) is 28.7 Å². The fraction of sp³-hybridized carbons (Fsp3) is 0.556. The van der Waals surface area contributed by atoms with Gasteiger partial charge in [0.15, 0.2) is 29.3 Å². The predicted molar refractivity (Wildman–Crippen MR) is 134 cm³/mol. The van der Waals surface area contributed by atoms with Gasteiger partial charge in [0.1, 0.15) is 18.3 Å². The third-order valence-electron chi connectivity index (χ3n) is 7.32. The number of aliphatic hydroxyl groups excluding tert-OH is 3. The number of aromatic hydroxyl groups is 2. The molecule has 210 valence electrons. The zero-order valence-electron chi connectivity index (χ0n) is 21.8. The molecule has 38 heavy (non-hydrogen) atoms. The Kier molecular flexibility index (Phi) is 8.86. The van der Waals surface area contributed by atoms with Crippen LogP contribution < -0.4 is 14.2 Å². The van der Waals surface area contributed by atoms with Crippen LogP contribution >= 0.6 is 0 Å². The molecule has 11 heteroatoms. The van der Waals surface area contributed by atoms with E-state index in [0.29, 0.717) is 18.8 Å². The normalized spacial score (nSPS) is 31.2. The molecule has 2 aliphatic heterocycles. The molecular formula is C27H36O11. The van der Waals surface area contributed by atoms with Crippen molar-refractivity contribution in [3.05, 3.63) is 41.5 Å². The number of ether oxygens (including phenoxy) is 6. The first-order chi connectivity index (χ1) is 18.2. The molecule has 0 radical (unpaired) electrons. The van der Waals surface area contributed by atoms with Crippen molar-refractivity contribution in [2.24, 2.45) is 11.8 Å².